The van der Waals surface area contributed by atoms with Crippen LogP contribution in [-0.4, -0.2) is 19.3 Å². The van der Waals surface area contributed by atoms with E-state index in [9.17, 15) is 0 Å². The van der Waals surface area contributed by atoms with Crippen molar-refractivity contribution in [1.82, 2.24) is 10.6 Å². The minimum absolute atomic E-state index is 0.294. The molecule has 2 N–H and O–H groups in total. The number of rotatable bonds is 5. The summed E-state index contributed by atoms with van der Waals surface area (Å²) in [5.74, 6) is 2.39. The van der Waals surface area contributed by atoms with Gasteiger partial charge in [0.15, 0.2) is 17.5 Å². The molecular formula is C16H18BrN3O2S. The second kappa shape index (κ2) is 7.70. The monoisotopic (exact) mass is 395 g/mol. The van der Waals surface area contributed by atoms with Crippen molar-refractivity contribution < 1.29 is 9.47 Å². The third kappa shape index (κ3) is 4.39. The number of hydrogen-bond acceptors (Lipinski definition) is 4. The molecule has 1 aromatic carbocycles. The second-order valence-electron chi connectivity index (χ2n) is 4.97. The first-order valence-electron chi connectivity index (χ1n) is 7.38. The number of aliphatic imine (C=N–C) groups is 1. The summed E-state index contributed by atoms with van der Waals surface area (Å²) in [6.45, 7) is 4.51. The van der Waals surface area contributed by atoms with Crippen LogP contribution in [0, 0.1) is 0 Å². The lowest BCUT2D eigenvalue weighted by Crippen LogP contribution is -2.36. The van der Waals surface area contributed by atoms with E-state index in [1.165, 1.54) is 4.88 Å². The molecule has 0 unspecified atom stereocenters. The van der Waals surface area contributed by atoms with Gasteiger partial charge in [-0.25, -0.2) is 4.99 Å². The quantitative estimate of drug-likeness (QED) is 0.600. The van der Waals surface area contributed by atoms with Crippen molar-refractivity contribution in [1.29, 1.82) is 0 Å². The SMILES string of the molecule is CCNC(=NCc1ccc2c(c1)OCO2)NCc1cc(Br)cs1. The van der Waals surface area contributed by atoms with E-state index in [4.69, 9.17) is 9.47 Å². The highest BCUT2D eigenvalue weighted by Crippen LogP contribution is 2.32. The normalized spacial score (nSPS) is 13.2. The van der Waals surface area contributed by atoms with Crippen molar-refractivity contribution >= 4 is 33.2 Å². The van der Waals surface area contributed by atoms with Crippen molar-refractivity contribution in [2.45, 2.75) is 20.0 Å². The van der Waals surface area contributed by atoms with E-state index in [1.807, 2.05) is 18.2 Å². The molecule has 0 amide bonds. The highest BCUT2D eigenvalue weighted by Gasteiger charge is 2.12. The molecule has 1 aliphatic heterocycles. The number of benzene rings is 1. The van der Waals surface area contributed by atoms with E-state index in [1.54, 1.807) is 11.3 Å². The van der Waals surface area contributed by atoms with Crippen molar-refractivity contribution in [2.24, 2.45) is 4.99 Å². The average Bonchev–Trinajstić information content (AvgIpc) is 3.18. The van der Waals surface area contributed by atoms with Gasteiger partial charge in [-0.15, -0.1) is 11.3 Å². The van der Waals surface area contributed by atoms with Gasteiger partial charge in [0.2, 0.25) is 6.79 Å². The number of thiophene rings is 1. The minimum atomic E-state index is 0.294. The van der Waals surface area contributed by atoms with Gasteiger partial charge in [-0.05, 0) is 46.6 Å². The summed E-state index contributed by atoms with van der Waals surface area (Å²) < 4.78 is 11.8. The van der Waals surface area contributed by atoms with Crippen LogP contribution in [-0.2, 0) is 13.1 Å². The Morgan fingerprint density at radius 2 is 2.13 bits per heavy atom. The largest absolute Gasteiger partial charge is 0.454 e. The van der Waals surface area contributed by atoms with Crippen LogP contribution >= 0.6 is 27.3 Å². The summed E-state index contributed by atoms with van der Waals surface area (Å²) in [4.78, 5) is 5.88. The Hall–Kier alpha value is -1.73. The number of fused-ring (bicyclic) bond motifs is 1. The van der Waals surface area contributed by atoms with E-state index in [2.05, 4.69) is 49.9 Å². The lowest BCUT2D eigenvalue weighted by Gasteiger charge is -2.10. The number of ether oxygens (including phenoxy) is 2. The summed E-state index contributed by atoms with van der Waals surface area (Å²) in [6, 6.07) is 8.03. The molecule has 7 heteroatoms. The van der Waals surface area contributed by atoms with Gasteiger partial charge in [-0.2, -0.15) is 0 Å². The topological polar surface area (TPSA) is 54.9 Å². The van der Waals surface area contributed by atoms with Crippen LogP contribution < -0.4 is 20.1 Å². The maximum atomic E-state index is 5.40. The average molecular weight is 396 g/mol. The summed E-state index contributed by atoms with van der Waals surface area (Å²) in [6.07, 6.45) is 0. The van der Waals surface area contributed by atoms with E-state index in [-0.39, 0.29) is 0 Å². The number of nitrogens with zero attached hydrogens (tertiary/aromatic N) is 1. The fourth-order valence-electron chi connectivity index (χ4n) is 2.17. The molecular weight excluding hydrogens is 378 g/mol. The zero-order valence-corrected chi connectivity index (χ0v) is 15.2. The first-order chi connectivity index (χ1) is 11.2. The molecule has 0 saturated carbocycles. The fourth-order valence-corrected chi connectivity index (χ4v) is 3.56. The third-order valence-electron chi connectivity index (χ3n) is 3.25. The molecule has 23 heavy (non-hydrogen) atoms. The Balaban J connectivity index is 1.61. The number of hydrogen-bond donors (Lipinski definition) is 2. The smallest absolute Gasteiger partial charge is 0.231 e. The van der Waals surface area contributed by atoms with E-state index in [0.717, 1.165) is 40.6 Å². The van der Waals surface area contributed by atoms with Crippen molar-refractivity contribution in [3.8, 4) is 11.5 Å². The maximum Gasteiger partial charge on any atom is 0.231 e. The van der Waals surface area contributed by atoms with E-state index in [0.29, 0.717) is 13.3 Å². The molecule has 122 valence electrons. The lowest BCUT2D eigenvalue weighted by atomic mass is 10.2. The van der Waals surface area contributed by atoms with Crippen LogP contribution in [0.3, 0.4) is 0 Å². The first kappa shape index (κ1) is 16.1. The molecule has 0 spiro atoms. The van der Waals surface area contributed by atoms with Crippen molar-refractivity contribution in [3.05, 3.63) is 44.6 Å². The Bertz CT molecular complexity index is 702. The predicted octanol–water partition coefficient (Wildman–Crippen LogP) is 3.49. The van der Waals surface area contributed by atoms with Crippen LogP contribution in [0.5, 0.6) is 11.5 Å². The van der Waals surface area contributed by atoms with Crippen molar-refractivity contribution in [3.63, 3.8) is 0 Å². The Morgan fingerprint density at radius 3 is 2.91 bits per heavy atom. The van der Waals surface area contributed by atoms with Gasteiger partial charge in [-0.3, -0.25) is 0 Å². The highest BCUT2D eigenvalue weighted by atomic mass is 79.9. The first-order valence-corrected chi connectivity index (χ1v) is 9.05. The molecule has 0 atom stereocenters. The van der Waals surface area contributed by atoms with Gasteiger partial charge in [-0.1, -0.05) is 6.07 Å². The number of nitrogens with one attached hydrogen (secondary N) is 2. The zero-order valence-electron chi connectivity index (χ0n) is 12.8. The highest BCUT2D eigenvalue weighted by molar-refractivity contribution is 9.10. The molecule has 0 saturated heterocycles. The fraction of sp³-hybridized carbons (Fsp3) is 0.312. The van der Waals surface area contributed by atoms with Gasteiger partial charge >= 0.3 is 0 Å². The molecule has 0 radical (unpaired) electrons. The minimum Gasteiger partial charge on any atom is -0.454 e. The molecule has 3 rings (SSSR count). The molecule has 5 nitrogen and oxygen atoms in total. The molecule has 1 aliphatic rings. The van der Waals surface area contributed by atoms with Gasteiger partial charge in [0, 0.05) is 21.3 Å². The molecule has 2 heterocycles. The number of guanidine groups is 1. The van der Waals surface area contributed by atoms with Gasteiger partial charge < -0.3 is 20.1 Å². The molecule has 0 aliphatic carbocycles. The van der Waals surface area contributed by atoms with Crippen molar-refractivity contribution in [2.75, 3.05) is 13.3 Å². The van der Waals surface area contributed by atoms with Gasteiger partial charge in [0.25, 0.3) is 0 Å². The van der Waals surface area contributed by atoms with Crippen LogP contribution in [0.15, 0.2) is 39.1 Å². The summed E-state index contributed by atoms with van der Waals surface area (Å²) >= 11 is 5.19. The zero-order chi connectivity index (χ0) is 16.1. The second-order valence-corrected chi connectivity index (χ2v) is 6.88. The summed E-state index contributed by atoms with van der Waals surface area (Å²) in [5, 5.41) is 8.68. The van der Waals surface area contributed by atoms with Crippen LogP contribution in [0.25, 0.3) is 0 Å². The van der Waals surface area contributed by atoms with Crippen LogP contribution in [0.2, 0.25) is 0 Å². The molecule has 2 aromatic rings. The van der Waals surface area contributed by atoms with E-state index >= 15 is 0 Å². The lowest BCUT2D eigenvalue weighted by molar-refractivity contribution is 0.174. The predicted molar refractivity (Wildman–Crippen MR) is 96.2 cm³/mol. The Labute approximate surface area is 147 Å². The van der Waals surface area contributed by atoms with E-state index < -0.39 is 0 Å². The third-order valence-corrected chi connectivity index (χ3v) is 4.95. The number of halogens is 1. The van der Waals surface area contributed by atoms with Crippen LogP contribution in [0.4, 0.5) is 0 Å². The van der Waals surface area contributed by atoms with Gasteiger partial charge in [0.1, 0.15) is 0 Å². The standard InChI is InChI=1S/C16H18BrN3O2S/c1-2-18-16(20-8-13-6-12(17)9-23-13)19-7-11-3-4-14-15(5-11)22-10-21-14/h3-6,9H,2,7-8,10H2,1H3,(H2,18,19,20). The Kier molecular flexibility index (Phi) is 5.40. The Morgan fingerprint density at radius 1 is 1.26 bits per heavy atom. The van der Waals surface area contributed by atoms with Gasteiger partial charge in [0.05, 0.1) is 13.1 Å². The summed E-state index contributed by atoms with van der Waals surface area (Å²) in [5.41, 5.74) is 1.09. The van der Waals surface area contributed by atoms with Crippen LogP contribution in [0.1, 0.15) is 17.4 Å². The maximum absolute atomic E-state index is 5.40. The molecule has 0 fully saturated rings. The molecule has 0 bridgehead atoms. The molecule has 1 aromatic heterocycles. The summed E-state index contributed by atoms with van der Waals surface area (Å²) in [7, 11) is 0.